The number of aromatic amines is 1. The fourth-order valence-electron chi connectivity index (χ4n) is 3.93. The van der Waals surface area contributed by atoms with Crippen LogP contribution >= 0.6 is 0 Å². The first-order valence-electron chi connectivity index (χ1n) is 11.9. The van der Waals surface area contributed by atoms with E-state index in [0.29, 0.717) is 18.0 Å². The van der Waals surface area contributed by atoms with Gasteiger partial charge in [-0.15, -0.1) is 0 Å². The Morgan fingerprint density at radius 3 is 2.43 bits per heavy atom. The van der Waals surface area contributed by atoms with Crippen LogP contribution in [-0.2, 0) is 6.61 Å². The Bertz CT molecular complexity index is 1520. The van der Waals surface area contributed by atoms with Gasteiger partial charge in [-0.1, -0.05) is 48.5 Å². The zero-order chi connectivity index (χ0) is 25.6. The maximum Gasteiger partial charge on any atom is 0.289 e. The molecule has 0 aliphatic rings. The molecule has 3 aromatic carbocycles. The Kier molecular flexibility index (Phi) is 6.89. The zero-order valence-corrected chi connectivity index (χ0v) is 20.6. The van der Waals surface area contributed by atoms with E-state index in [9.17, 15) is 4.79 Å². The van der Waals surface area contributed by atoms with Crippen molar-refractivity contribution in [2.75, 3.05) is 0 Å². The number of H-pyrrole nitrogens is 1. The molecular formula is C29H26N6O2. The van der Waals surface area contributed by atoms with Crippen molar-refractivity contribution in [1.29, 1.82) is 0 Å². The quantitative estimate of drug-likeness (QED) is 0.230. The molecule has 5 aromatic rings. The zero-order valence-electron chi connectivity index (χ0n) is 20.6. The Labute approximate surface area is 214 Å². The number of aryl methyl sites for hydroxylation is 1. The van der Waals surface area contributed by atoms with E-state index in [1.807, 2.05) is 103 Å². The van der Waals surface area contributed by atoms with Crippen LogP contribution in [0.25, 0.3) is 16.9 Å². The smallest absolute Gasteiger partial charge is 0.289 e. The Morgan fingerprint density at radius 1 is 1.00 bits per heavy atom. The topological polar surface area (TPSA) is 97.2 Å². The fourth-order valence-corrected chi connectivity index (χ4v) is 3.93. The lowest BCUT2D eigenvalue weighted by Gasteiger charge is -2.06. The molecule has 0 aliphatic heterocycles. The normalized spacial score (nSPS) is 11.1. The van der Waals surface area contributed by atoms with Gasteiger partial charge >= 0.3 is 0 Å². The monoisotopic (exact) mass is 490 g/mol. The lowest BCUT2D eigenvalue weighted by molar-refractivity contribution is 0.0950. The minimum Gasteiger partial charge on any atom is -0.489 e. The number of benzene rings is 3. The predicted molar refractivity (Wildman–Crippen MR) is 143 cm³/mol. The molecule has 184 valence electrons. The van der Waals surface area contributed by atoms with Crippen molar-refractivity contribution < 1.29 is 9.53 Å². The average Bonchev–Trinajstić information content (AvgIpc) is 3.54. The molecule has 8 nitrogen and oxygen atoms in total. The number of carbonyl (C=O) groups excluding carboxylic acids is 1. The van der Waals surface area contributed by atoms with Crippen molar-refractivity contribution >= 4 is 12.1 Å². The maximum absolute atomic E-state index is 12.6. The number of para-hydroxylation sites is 1. The van der Waals surface area contributed by atoms with Gasteiger partial charge in [0, 0.05) is 11.1 Å². The molecule has 8 heteroatoms. The molecule has 2 heterocycles. The second-order valence-electron chi connectivity index (χ2n) is 8.50. The number of aromatic nitrogens is 4. The molecule has 0 unspecified atom stereocenters. The number of ether oxygens (including phenoxy) is 1. The Morgan fingerprint density at radius 2 is 1.70 bits per heavy atom. The van der Waals surface area contributed by atoms with Crippen LogP contribution in [0.5, 0.6) is 5.75 Å². The molecule has 0 aliphatic carbocycles. The first kappa shape index (κ1) is 23.7. The molecule has 0 saturated carbocycles. The molecule has 0 spiro atoms. The highest BCUT2D eigenvalue weighted by Crippen LogP contribution is 2.22. The Balaban J connectivity index is 1.20. The standard InChI is InChI=1S/C29H26N6O2/c1-20-26(21(2)35(34-20)24-11-7-4-8-12-24)18-30-33-29(36)28-17-27(31-32-28)23-13-15-25(16-14-23)37-19-22-9-5-3-6-10-22/h3-18H,19H2,1-2H3,(H,31,32)(H,33,36). The second-order valence-corrected chi connectivity index (χ2v) is 8.50. The van der Waals surface area contributed by atoms with Crippen LogP contribution in [0, 0.1) is 13.8 Å². The van der Waals surface area contributed by atoms with Crippen LogP contribution in [0.15, 0.2) is 96.1 Å². The summed E-state index contributed by atoms with van der Waals surface area (Å²) < 4.78 is 7.70. The van der Waals surface area contributed by atoms with Crippen LogP contribution in [0.3, 0.4) is 0 Å². The molecular weight excluding hydrogens is 464 g/mol. The van der Waals surface area contributed by atoms with Gasteiger partial charge in [-0.05, 0) is 61.9 Å². The molecule has 0 bridgehead atoms. The van der Waals surface area contributed by atoms with E-state index in [-0.39, 0.29) is 5.91 Å². The highest BCUT2D eigenvalue weighted by Gasteiger charge is 2.13. The molecule has 0 saturated heterocycles. The third kappa shape index (κ3) is 5.48. The number of hydrogen-bond acceptors (Lipinski definition) is 5. The van der Waals surface area contributed by atoms with E-state index in [2.05, 4.69) is 25.8 Å². The van der Waals surface area contributed by atoms with Gasteiger partial charge in [-0.2, -0.15) is 15.3 Å². The van der Waals surface area contributed by atoms with Gasteiger partial charge in [-0.25, -0.2) is 10.1 Å². The summed E-state index contributed by atoms with van der Waals surface area (Å²) in [4.78, 5) is 12.6. The summed E-state index contributed by atoms with van der Waals surface area (Å²) in [5, 5.41) is 15.8. The summed E-state index contributed by atoms with van der Waals surface area (Å²) in [6.07, 6.45) is 1.61. The number of carbonyl (C=O) groups is 1. The van der Waals surface area contributed by atoms with Gasteiger partial charge in [0.2, 0.25) is 0 Å². The molecule has 37 heavy (non-hydrogen) atoms. The van der Waals surface area contributed by atoms with Crippen molar-refractivity contribution in [2.24, 2.45) is 5.10 Å². The molecule has 1 amide bonds. The summed E-state index contributed by atoms with van der Waals surface area (Å²) >= 11 is 0. The van der Waals surface area contributed by atoms with Crippen molar-refractivity contribution in [1.82, 2.24) is 25.4 Å². The van der Waals surface area contributed by atoms with E-state index < -0.39 is 0 Å². The van der Waals surface area contributed by atoms with E-state index in [0.717, 1.165) is 39.5 Å². The SMILES string of the molecule is Cc1nn(-c2ccccc2)c(C)c1C=NNC(=O)c1cc(-c2ccc(OCc3ccccc3)cc2)n[nH]1. The second kappa shape index (κ2) is 10.7. The number of nitrogens with one attached hydrogen (secondary N) is 2. The molecule has 0 radical (unpaired) electrons. The lowest BCUT2D eigenvalue weighted by atomic mass is 10.1. The summed E-state index contributed by atoms with van der Waals surface area (Å²) in [5.74, 6) is 0.375. The Hall–Kier alpha value is -4.98. The molecule has 5 rings (SSSR count). The van der Waals surface area contributed by atoms with Crippen LogP contribution in [0.2, 0.25) is 0 Å². The summed E-state index contributed by atoms with van der Waals surface area (Å²) in [6, 6.07) is 29.1. The van der Waals surface area contributed by atoms with Crippen molar-refractivity contribution in [3.8, 4) is 22.7 Å². The van der Waals surface area contributed by atoms with Gasteiger partial charge in [0.25, 0.3) is 5.91 Å². The number of amides is 1. The summed E-state index contributed by atoms with van der Waals surface area (Å²) in [5.41, 5.74) is 9.06. The number of rotatable bonds is 8. The van der Waals surface area contributed by atoms with Gasteiger partial charge in [0.1, 0.15) is 18.1 Å². The van der Waals surface area contributed by atoms with Gasteiger partial charge in [-0.3, -0.25) is 9.89 Å². The molecule has 2 N–H and O–H groups in total. The minimum atomic E-state index is -0.386. The summed E-state index contributed by atoms with van der Waals surface area (Å²) in [6.45, 7) is 4.38. The largest absolute Gasteiger partial charge is 0.489 e. The molecule has 0 atom stereocenters. The third-order valence-electron chi connectivity index (χ3n) is 5.93. The van der Waals surface area contributed by atoms with Crippen LogP contribution < -0.4 is 10.2 Å². The highest BCUT2D eigenvalue weighted by molar-refractivity contribution is 5.94. The lowest BCUT2D eigenvalue weighted by Crippen LogP contribution is -2.18. The number of hydrogen-bond donors (Lipinski definition) is 2. The third-order valence-corrected chi connectivity index (χ3v) is 5.93. The van der Waals surface area contributed by atoms with Gasteiger partial charge in [0.15, 0.2) is 0 Å². The maximum atomic E-state index is 12.6. The van der Waals surface area contributed by atoms with Crippen molar-refractivity contribution in [3.63, 3.8) is 0 Å². The summed E-state index contributed by atoms with van der Waals surface area (Å²) in [7, 11) is 0. The number of hydrazone groups is 1. The van der Waals surface area contributed by atoms with Gasteiger partial charge < -0.3 is 4.74 Å². The van der Waals surface area contributed by atoms with E-state index in [1.54, 1.807) is 12.3 Å². The minimum absolute atomic E-state index is 0.310. The van der Waals surface area contributed by atoms with Crippen LogP contribution in [0.1, 0.15) is 33.0 Å². The van der Waals surface area contributed by atoms with Crippen molar-refractivity contribution in [3.05, 3.63) is 119 Å². The highest BCUT2D eigenvalue weighted by atomic mass is 16.5. The molecule has 0 fully saturated rings. The van der Waals surface area contributed by atoms with E-state index in [4.69, 9.17) is 4.74 Å². The predicted octanol–water partition coefficient (Wildman–Crippen LogP) is 5.22. The van der Waals surface area contributed by atoms with Gasteiger partial charge in [0.05, 0.1) is 29.0 Å². The van der Waals surface area contributed by atoms with Crippen LogP contribution in [0.4, 0.5) is 0 Å². The fraction of sp³-hybridized carbons (Fsp3) is 0.103. The van der Waals surface area contributed by atoms with E-state index in [1.165, 1.54) is 0 Å². The molecule has 2 aromatic heterocycles. The first-order chi connectivity index (χ1) is 18.1. The average molecular weight is 491 g/mol. The first-order valence-corrected chi connectivity index (χ1v) is 11.9. The van der Waals surface area contributed by atoms with Crippen molar-refractivity contribution in [2.45, 2.75) is 20.5 Å². The van der Waals surface area contributed by atoms with Crippen LogP contribution in [-0.4, -0.2) is 32.1 Å². The van der Waals surface area contributed by atoms with E-state index >= 15 is 0 Å². The number of nitrogens with zero attached hydrogens (tertiary/aromatic N) is 4.